The lowest BCUT2D eigenvalue weighted by Gasteiger charge is -2.05. The summed E-state index contributed by atoms with van der Waals surface area (Å²) < 4.78 is 7.13. The molecule has 0 aliphatic rings. The predicted octanol–water partition coefficient (Wildman–Crippen LogP) is 1.42. The van der Waals surface area contributed by atoms with E-state index in [0.29, 0.717) is 5.75 Å². The van der Waals surface area contributed by atoms with Crippen molar-refractivity contribution in [2.24, 2.45) is 0 Å². The van der Waals surface area contributed by atoms with Crippen LogP contribution in [-0.2, 0) is 11.3 Å². The molecular formula is C12H11N2O2. The third-order valence-corrected chi connectivity index (χ3v) is 2.12. The first-order valence-corrected chi connectivity index (χ1v) is 4.91. The zero-order valence-electron chi connectivity index (χ0n) is 8.67. The van der Waals surface area contributed by atoms with E-state index in [1.54, 1.807) is 18.8 Å². The minimum Gasteiger partial charge on any atom is -0.485 e. The topological polar surface area (TPSA) is 44.1 Å². The first kappa shape index (κ1) is 10.4. The van der Waals surface area contributed by atoms with Gasteiger partial charge in [0.05, 0.1) is 6.33 Å². The molecule has 81 valence electrons. The van der Waals surface area contributed by atoms with Crippen LogP contribution in [0.25, 0.3) is 0 Å². The molecule has 2 aromatic rings. The Morgan fingerprint density at radius 1 is 1.44 bits per heavy atom. The molecule has 16 heavy (non-hydrogen) atoms. The number of aromatic nitrogens is 2. The highest BCUT2D eigenvalue weighted by molar-refractivity contribution is 5.52. The number of hydrogen-bond acceptors (Lipinski definition) is 3. The molecule has 0 N–H and O–H groups in total. The molecule has 1 heterocycles. The Labute approximate surface area is 93.5 Å². The van der Waals surface area contributed by atoms with Crippen molar-refractivity contribution in [3.05, 3.63) is 48.5 Å². The molecule has 1 aromatic carbocycles. The second-order valence-corrected chi connectivity index (χ2v) is 3.32. The molecule has 0 saturated carbocycles. The molecule has 1 aromatic heterocycles. The van der Waals surface area contributed by atoms with Crippen LogP contribution in [0.4, 0.5) is 0 Å². The molecule has 1 radical (unpaired) electrons. The molecule has 0 spiro atoms. The molecule has 2 rings (SSSR count). The van der Waals surface area contributed by atoms with E-state index < -0.39 is 0 Å². The van der Waals surface area contributed by atoms with Gasteiger partial charge in [0.2, 0.25) is 6.29 Å². The fraction of sp³-hybridized carbons (Fsp3) is 0.167. The summed E-state index contributed by atoms with van der Waals surface area (Å²) in [6, 6.07) is 7.61. The van der Waals surface area contributed by atoms with Crippen LogP contribution in [0, 0.1) is 0 Å². The van der Waals surface area contributed by atoms with Gasteiger partial charge in [-0.25, -0.2) is 4.98 Å². The number of hydrogen-bond donors (Lipinski definition) is 0. The summed E-state index contributed by atoms with van der Waals surface area (Å²) in [7, 11) is 0. The van der Waals surface area contributed by atoms with E-state index in [-0.39, 0.29) is 6.61 Å². The number of benzene rings is 1. The van der Waals surface area contributed by atoms with Crippen LogP contribution >= 0.6 is 0 Å². The Balaban J connectivity index is 2.06. The largest absolute Gasteiger partial charge is 0.485 e. The fourth-order valence-electron chi connectivity index (χ4n) is 1.44. The van der Waals surface area contributed by atoms with E-state index in [2.05, 4.69) is 4.98 Å². The van der Waals surface area contributed by atoms with Gasteiger partial charge in [0, 0.05) is 18.9 Å². The molecule has 0 aliphatic heterocycles. The number of rotatable bonds is 5. The van der Waals surface area contributed by atoms with Gasteiger partial charge in [-0.05, 0) is 17.7 Å². The summed E-state index contributed by atoms with van der Waals surface area (Å²) in [5.74, 6) is 0.681. The maximum atomic E-state index is 10.1. The van der Waals surface area contributed by atoms with Crippen LogP contribution in [0.15, 0.2) is 43.0 Å². The van der Waals surface area contributed by atoms with Crippen molar-refractivity contribution in [1.82, 2.24) is 9.55 Å². The zero-order valence-corrected chi connectivity index (χ0v) is 8.67. The SMILES string of the molecule is O=[C]COc1cccc(Cn2ccnc2)c1. The number of carbonyl (C=O) groups excluding carboxylic acids is 1. The van der Waals surface area contributed by atoms with E-state index >= 15 is 0 Å². The summed E-state index contributed by atoms with van der Waals surface area (Å²) in [6.45, 7) is 0.705. The second kappa shape index (κ2) is 5.11. The first-order valence-electron chi connectivity index (χ1n) is 4.91. The summed E-state index contributed by atoms with van der Waals surface area (Å²) in [5, 5.41) is 0. The highest BCUT2D eigenvalue weighted by atomic mass is 16.5. The minimum absolute atomic E-state index is 0.0332. The Hall–Kier alpha value is -2.10. The normalized spacial score (nSPS) is 10.0. The predicted molar refractivity (Wildman–Crippen MR) is 59.0 cm³/mol. The van der Waals surface area contributed by atoms with Gasteiger partial charge in [-0.3, -0.25) is 4.79 Å². The average Bonchev–Trinajstić information content (AvgIpc) is 2.80. The number of ether oxygens (including phenoxy) is 1. The van der Waals surface area contributed by atoms with Gasteiger partial charge in [0.15, 0.2) is 6.61 Å². The smallest absolute Gasteiger partial charge is 0.239 e. The quantitative estimate of drug-likeness (QED) is 0.757. The van der Waals surface area contributed by atoms with Crippen molar-refractivity contribution < 1.29 is 9.53 Å². The molecule has 4 heteroatoms. The van der Waals surface area contributed by atoms with Crippen LogP contribution in [0.5, 0.6) is 5.75 Å². The monoisotopic (exact) mass is 215 g/mol. The standard InChI is InChI=1S/C12H11N2O2/c15-6-7-16-12-3-1-2-11(8-12)9-14-5-4-13-10-14/h1-5,8,10H,7,9H2. The Bertz CT molecular complexity index is 452. The van der Waals surface area contributed by atoms with Gasteiger partial charge in [0.25, 0.3) is 0 Å². The summed E-state index contributed by atoms with van der Waals surface area (Å²) in [4.78, 5) is 14.0. The zero-order chi connectivity index (χ0) is 11.2. The first-order chi connectivity index (χ1) is 7.88. The van der Waals surface area contributed by atoms with Crippen molar-refractivity contribution in [2.75, 3.05) is 6.61 Å². The van der Waals surface area contributed by atoms with Crippen molar-refractivity contribution >= 4 is 6.29 Å². The van der Waals surface area contributed by atoms with E-state index in [9.17, 15) is 4.79 Å². The van der Waals surface area contributed by atoms with Gasteiger partial charge >= 0.3 is 0 Å². The van der Waals surface area contributed by atoms with Crippen LogP contribution in [0.1, 0.15) is 5.56 Å². The van der Waals surface area contributed by atoms with Gasteiger partial charge in [-0.2, -0.15) is 0 Å². The number of imidazole rings is 1. The lowest BCUT2D eigenvalue weighted by Crippen LogP contribution is -2.00. The third kappa shape index (κ3) is 2.70. The van der Waals surface area contributed by atoms with Crippen molar-refractivity contribution in [1.29, 1.82) is 0 Å². The Morgan fingerprint density at radius 3 is 3.12 bits per heavy atom. The molecule has 0 amide bonds. The van der Waals surface area contributed by atoms with Crippen molar-refractivity contribution in [3.63, 3.8) is 0 Å². The summed E-state index contributed by atoms with van der Waals surface area (Å²) >= 11 is 0. The molecule has 0 aliphatic carbocycles. The van der Waals surface area contributed by atoms with Crippen molar-refractivity contribution in [3.8, 4) is 5.75 Å². The van der Waals surface area contributed by atoms with Gasteiger partial charge in [0.1, 0.15) is 5.75 Å². The van der Waals surface area contributed by atoms with Crippen LogP contribution in [-0.4, -0.2) is 22.4 Å². The van der Waals surface area contributed by atoms with Crippen LogP contribution in [0.2, 0.25) is 0 Å². The molecule has 0 bridgehead atoms. The maximum absolute atomic E-state index is 10.1. The second-order valence-electron chi connectivity index (χ2n) is 3.32. The van der Waals surface area contributed by atoms with Crippen LogP contribution < -0.4 is 4.74 Å². The fourth-order valence-corrected chi connectivity index (χ4v) is 1.44. The summed E-state index contributed by atoms with van der Waals surface area (Å²) in [6.07, 6.45) is 7.08. The van der Waals surface area contributed by atoms with E-state index in [0.717, 1.165) is 12.1 Å². The lowest BCUT2D eigenvalue weighted by atomic mass is 10.2. The Morgan fingerprint density at radius 2 is 2.38 bits per heavy atom. The van der Waals surface area contributed by atoms with Gasteiger partial charge in [-0.15, -0.1) is 0 Å². The van der Waals surface area contributed by atoms with E-state index in [1.165, 1.54) is 0 Å². The number of nitrogens with zero attached hydrogens (tertiary/aromatic N) is 2. The van der Waals surface area contributed by atoms with Crippen molar-refractivity contribution in [2.45, 2.75) is 6.54 Å². The Kier molecular flexibility index (Phi) is 3.33. The molecule has 0 fully saturated rings. The summed E-state index contributed by atoms with van der Waals surface area (Å²) in [5.41, 5.74) is 1.10. The molecular weight excluding hydrogens is 204 g/mol. The maximum Gasteiger partial charge on any atom is 0.239 e. The van der Waals surface area contributed by atoms with Crippen LogP contribution in [0.3, 0.4) is 0 Å². The lowest BCUT2D eigenvalue weighted by molar-refractivity contribution is 0.364. The highest BCUT2D eigenvalue weighted by Gasteiger charge is 1.98. The molecule has 0 atom stereocenters. The minimum atomic E-state index is -0.0332. The molecule has 0 saturated heterocycles. The third-order valence-electron chi connectivity index (χ3n) is 2.12. The highest BCUT2D eigenvalue weighted by Crippen LogP contribution is 2.13. The van der Waals surface area contributed by atoms with E-state index in [1.807, 2.05) is 35.0 Å². The van der Waals surface area contributed by atoms with Gasteiger partial charge in [-0.1, -0.05) is 12.1 Å². The molecule has 4 nitrogen and oxygen atoms in total. The van der Waals surface area contributed by atoms with E-state index in [4.69, 9.17) is 4.74 Å². The average molecular weight is 215 g/mol. The molecule has 0 unspecified atom stereocenters. The van der Waals surface area contributed by atoms with Gasteiger partial charge < -0.3 is 9.30 Å².